The molecule has 4 N–H and O–H groups in total. The van der Waals surface area contributed by atoms with Gasteiger partial charge < -0.3 is 15.8 Å². The van der Waals surface area contributed by atoms with Crippen LogP contribution in [0.4, 0.5) is 5.82 Å². The molecule has 6 nitrogen and oxygen atoms in total. The molecule has 98 valence electrons. The van der Waals surface area contributed by atoms with Gasteiger partial charge in [-0.25, -0.2) is 9.78 Å². The number of benzene rings is 1. The molecule has 0 spiro atoms. The number of nitrogen functional groups attached to an aromatic ring is 1. The Morgan fingerprint density at radius 1 is 1.47 bits per heavy atom. The summed E-state index contributed by atoms with van der Waals surface area (Å²) in [6, 6.07) is 6.12. The highest BCUT2D eigenvalue weighted by atomic mass is 32.2. The van der Waals surface area contributed by atoms with E-state index >= 15 is 0 Å². The molecule has 0 radical (unpaired) electrons. The lowest BCUT2D eigenvalue weighted by molar-refractivity contribution is 0.0693. The number of hydrogen-bond donors (Lipinski definition) is 3. The lowest BCUT2D eigenvalue weighted by atomic mass is 10.1. The van der Waals surface area contributed by atoms with E-state index in [9.17, 15) is 9.59 Å². The number of H-pyrrole nitrogens is 1. The van der Waals surface area contributed by atoms with Crippen molar-refractivity contribution in [1.82, 2.24) is 9.97 Å². The van der Waals surface area contributed by atoms with Gasteiger partial charge in [0.2, 0.25) is 0 Å². The number of rotatable bonds is 3. The van der Waals surface area contributed by atoms with E-state index in [0.717, 1.165) is 17.3 Å². The molecule has 0 saturated carbocycles. The average Bonchev–Trinajstić information content (AvgIpc) is 2.30. The van der Waals surface area contributed by atoms with Crippen LogP contribution in [0, 0.1) is 6.92 Å². The molecule has 0 aliphatic heterocycles. The lowest BCUT2D eigenvalue weighted by Gasteiger charge is -2.08. The van der Waals surface area contributed by atoms with Gasteiger partial charge in [0, 0.05) is 11.0 Å². The lowest BCUT2D eigenvalue weighted by Crippen LogP contribution is -2.10. The van der Waals surface area contributed by atoms with Crippen LogP contribution < -0.4 is 11.3 Å². The first kappa shape index (κ1) is 13.2. The van der Waals surface area contributed by atoms with Crippen molar-refractivity contribution in [3.8, 4) is 0 Å². The second-order valence-corrected chi connectivity index (χ2v) is 4.83. The molecule has 1 aromatic heterocycles. The van der Waals surface area contributed by atoms with E-state index < -0.39 is 5.97 Å². The summed E-state index contributed by atoms with van der Waals surface area (Å²) >= 11 is 1.07. The molecule has 2 rings (SSSR count). The van der Waals surface area contributed by atoms with Crippen molar-refractivity contribution in [2.45, 2.75) is 17.0 Å². The Morgan fingerprint density at radius 2 is 2.21 bits per heavy atom. The first-order valence-electron chi connectivity index (χ1n) is 5.35. The molecule has 19 heavy (non-hydrogen) atoms. The summed E-state index contributed by atoms with van der Waals surface area (Å²) in [6.07, 6.45) is 0. The standard InChI is InChI=1S/C12H11N3O3S/c1-6-3-2-4-7(11(17)18)10(6)19-12-14-8(13)5-9(16)15-12/h2-5H,1H3,(H,17,18)(H3,13,14,15,16). The summed E-state index contributed by atoms with van der Waals surface area (Å²) in [5.41, 5.74) is 6.06. The van der Waals surface area contributed by atoms with Gasteiger partial charge in [-0.05, 0) is 18.6 Å². The number of carbonyl (C=O) groups is 1. The van der Waals surface area contributed by atoms with Crippen LogP contribution in [-0.4, -0.2) is 21.0 Å². The van der Waals surface area contributed by atoms with Gasteiger partial charge in [0.05, 0.1) is 5.56 Å². The molecule has 0 bridgehead atoms. The molecule has 0 fully saturated rings. The van der Waals surface area contributed by atoms with Gasteiger partial charge in [0.1, 0.15) is 5.82 Å². The van der Waals surface area contributed by atoms with Crippen LogP contribution in [0.15, 0.2) is 39.1 Å². The number of hydrogen-bond acceptors (Lipinski definition) is 5. The molecule has 1 heterocycles. The Kier molecular flexibility index (Phi) is 3.57. The van der Waals surface area contributed by atoms with Gasteiger partial charge in [0.25, 0.3) is 5.56 Å². The molecule has 1 aromatic carbocycles. The Balaban J connectivity index is 2.48. The quantitative estimate of drug-likeness (QED) is 0.734. The predicted molar refractivity (Wildman–Crippen MR) is 71.5 cm³/mol. The zero-order valence-electron chi connectivity index (χ0n) is 10.0. The summed E-state index contributed by atoms with van der Waals surface area (Å²) in [5, 5.41) is 9.41. The number of nitrogens with one attached hydrogen (secondary N) is 1. The molecule has 0 amide bonds. The van der Waals surface area contributed by atoms with Crippen LogP contribution in [0.3, 0.4) is 0 Å². The largest absolute Gasteiger partial charge is 0.478 e. The normalized spacial score (nSPS) is 10.4. The predicted octanol–water partition coefficient (Wildman–Crippen LogP) is 1.51. The number of nitrogens with two attached hydrogens (primary N) is 1. The number of nitrogens with zero attached hydrogens (tertiary/aromatic N) is 1. The Morgan fingerprint density at radius 3 is 2.84 bits per heavy atom. The number of anilines is 1. The van der Waals surface area contributed by atoms with Crippen molar-refractivity contribution in [1.29, 1.82) is 0 Å². The van der Waals surface area contributed by atoms with Crippen LogP contribution in [0.25, 0.3) is 0 Å². The fourth-order valence-corrected chi connectivity index (χ4v) is 2.54. The molecule has 0 aliphatic carbocycles. The molecular formula is C12H11N3O3S. The molecule has 0 saturated heterocycles. The molecule has 7 heteroatoms. The van der Waals surface area contributed by atoms with Crippen LogP contribution in [-0.2, 0) is 0 Å². The van der Waals surface area contributed by atoms with Crippen molar-refractivity contribution >= 4 is 23.5 Å². The minimum absolute atomic E-state index is 0.0942. The highest BCUT2D eigenvalue weighted by molar-refractivity contribution is 7.99. The number of carboxylic acids is 1. The summed E-state index contributed by atoms with van der Waals surface area (Å²) in [7, 11) is 0. The number of aromatic amines is 1. The minimum Gasteiger partial charge on any atom is -0.478 e. The zero-order valence-corrected chi connectivity index (χ0v) is 10.8. The van der Waals surface area contributed by atoms with Crippen molar-refractivity contribution in [3.63, 3.8) is 0 Å². The Hall–Kier alpha value is -2.28. The number of aromatic carboxylic acids is 1. The van der Waals surface area contributed by atoms with Crippen molar-refractivity contribution in [3.05, 3.63) is 45.7 Å². The fraction of sp³-hybridized carbons (Fsp3) is 0.0833. The number of aryl methyl sites for hydroxylation is 1. The summed E-state index contributed by atoms with van der Waals surface area (Å²) in [5.74, 6) is -0.936. The Bertz CT molecular complexity index is 697. The molecule has 0 unspecified atom stereocenters. The third-order valence-electron chi connectivity index (χ3n) is 2.38. The van der Waals surface area contributed by atoms with E-state index in [1.54, 1.807) is 19.1 Å². The third-order valence-corrected chi connectivity index (χ3v) is 3.51. The van der Waals surface area contributed by atoms with E-state index in [2.05, 4.69) is 9.97 Å². The van der Waals surface area contributed by atoms with Gasteiger partial charge in [-0.15, -0.1) is 0 Å². The van der Waals surface area contributed by atoms with Gasteiger partial charge in [-0.2, -0.15) is 0 Å². The van der Waals surface area contributed by atoms with Crippen LogP contribution >= 0.6 is 11.8 Å². The molecule has 0 aliphatic rings. The van der Waals surface area contributed by atoms with Gasteiger partial charge in [-0.3, -0.25) is 4.79 Å². The van der Waals surface area contributed by atoms with Crippen LogP contribution in [0.2, 0.25) is 0 Å². The van der Waals surface area contributed by atoms with E-state index in [-0.39, 0.29) is 22.1 Å². The maximum atomic E-state index is 11.3. The smallest absolute Gasteiger partial charge is 0.336 e. The summed E-state index contributed by atoms with van der Waals surface area (Å²) < 4.78 is 0. The number of aromatic nitrogens is 2. The second-order valence-electron chi connectivity index (χ2n) is 3.83. The SMILES string of the molecule is Cc1cccc(C(=O)O)c1Sc1nc(N)cc(=O)[nH]1. The summed E-state index contributed by atoms with van der Waals surface area (Å²) in [4.78, 5) is 29.5. The molecule has 2 aromatic rings. The minimum atomic E-state index is -1.03. The Labute approximate surface area is 112 Å². The van der Waals surface area contributed by atoms with Gasteiger partial charge in [-0.1, -0.05) is 23.9 Å². The highest BCUT2D eigenvalue weighted by Crippen LogP contribution is 2.30. The van der Waals surface area contributed by atoms with Crippen molar-refractivity contribution < 1.29 is 9.90 Å². The fourth-order valence-electron chi connectivity index (χ4n) is 1.55. The monoisotopic (exact) mass is 277 g/mol. The zero-order chi connectivity index (χ0) is 14.0. The highest BCUT2D eigenvalue weighted by Gasteiger charge is 2.14. The van der Waals surface area contributed by atoms with Gasteiger partial charge >= 0.3 is 5.97 Å². The van der Waals surface area contributed by atoms with E-state index in [1.807, 2.05) is 0 Å². The average molecular weight is 277 g/mol. The first-order chi connectivity index (χ1) is 8.97. The topological polar surface area (TPSA) is 109 Å². The first-order valence-corrected chi connectivity index (χ1v) is 6.16. The van der Waals surface area contributed by atoms with Crippen molar-refractivity contribution in [2.24, 2.45) is 0 Å². The van der Waals surface area contributed by atoms with E-state index in [4.69, 9.17) is 10.8 Å². The number of carboxylic acid groups (broad SMARTS) is 1. The second kappa shape index (κ2) is 5.15. The summed E-state index contributed by atoms with van der Waals surface area (Å²) in [6.45, 7) is 1.79. The maximum Gasteiger partial charge on any atom is 0.336 e. The van der Waals surface area contributed by atoms with Gasteiger partial charge in [0.15, 0.2) is 5.16 Å². The molecular weight excluding hydrogens is 266 g/mol. The maximum absolute atomic E-state index is 11.3. The third kappa shape index (κ3) is 2.94. The van der Waals surface area contributed by atoms with Crippen molar-refractivity contribution in [2.75, 3.05) is 5.73 Å². The van der Waals surface area contributed by atoms with E-state index in [0.29, 0.717) is 4.90 Å². The van der Waals surface area contributed by atoms with Crippen LogP contribution in [0.5, 0.6) is 0 Å². The molecule has 0 atom stereocenters. The van der Waals surface area contributed by atoms with E-state index in [1.165, 1.54) is 12.1 Å². The van der Waals surface area contributed by atoms with Crippen LogP contribution in [0.1, 0.15) is 15.9 Å².